The molecule has 4 aromatic rings. The SMILES string of the molecule is CCCCN(C)C(=O)c1nc2ccccn2c1CNCc1cccc2[nH]ccc12. The molecule has 2 N–H and O–H groups in total. The second-order valence-corrected chi connectivity index (χ2v) is 7.38. The minimum atomic E-state index is -0.0216. The summed E-state index contributed by atoms with van der Waals surface area (Å²) in [5, 5.41) is 4.73. The van der Waals surface area contributed by atoms with Gasteiger partial charge in [0, 0.05) is 50.0 Å². The second-order valence-electron chi connectivity index (χ2n) is 7.38. The molecule has 150 valence electrons. The van der Waals surface area contributed by atoms with Crippen molar-refractivity contribution in [2.75, 3.05) is 13.6 Å². The van der Waals surface area contributed by atoms with Crippen molar-refractivity contribution in [1.29, 1.82) is 0 Å². The standard InChI is InChI=1S/C23H27N5O/c1-3-4-13-27(2)23(29)22-20(28-14-6-5-10-21(28)26-22)16-24-15-17-8-7-9-19-18(17)11-12-25-19/h5-12,14,24-25H,3-4,13,15-16H2,1-2H3. The molecule has 0 bridgehead atoms. The first kappa shape index (κ1) is 19.2. The van der Waals surface area contributed by atoms with Crippen LogP contribution in [0.3, 0.4) is 0 Å². The number of rotatable bonds is 8. The van der Waals surface area contributed by atoms with E-state index in [1.165, 1.54) is 10.9 Å². The van der Waals surface area contributed by atoms with E-state index in [0.717, 1.165) is 36.2 Å². The normalized spacial score (nSPS) is 11.4. The van der Waals surface area contributed by atoms with E-state index >= 15 is 0 Å². The monoisotopic (exact) mass is 389 g/mol. The van der Waals surface area contributed by atoms with Crippen LogP contribution in [0.5, 0.6) is 0 Å². The fraction of sp³-hybridized carbons (Fsp3) is 0.304. The van der Waals surface area contributed by atoms with Gasteiger partial charge in [-0.3, -0.25) is 4.79 Å². The number of carbonyl (C=O) groups is 1. The van der Waals surface area contributed by atoms with Crippen LogP contribution in [0.1, 0.15) is 41.5 Å². The minimum absolute atomic E-state index is 0.0216. The summed E-state index contributed by atoms with van der Waals surface area (Å²) < 4.78 is 2.00. The van der Waals surface area contributed by atoms with Gasteiger partial charge >= 0.3 is 0 Å². The molecule has 0 atom stereocenters. The summed E-state index contributed by atoms with van der Waals surface area (Å²) in [5.41, 5.74) is 4.58. The van der Waals surface area contributed by atoms with Gasteiger partial charge < -0.3 is 19.6 Å². The molecule has 0 fully saturated rings. The molecule has 0 spiro atoms. The first-order chi connectivity index (χ1) is 14.2. The molecule has 1 aromatic carbocycles. The topological polar surface area (TPSA) is 65.4 Å². The number of hydrogen-bond donors (Lipinski definition) is 2. The van der Waals surface area contributed by atoms with Gasteiger partial charge in [-0.15, -0.1) is 0 Å². The molecule has 0 radical (unpaired) electrons. The molecular weight excluding hydrogens is 362 g/mol. The molecule has 0 aliphatic rings. The van der Waals surface area contributed by atoms with Gasteiger partial charge in [-0.25, -0.2) is 4.98 Å². The Labute approximate surface area is 170 Å². The van der Waals surface area contributed by atoms with Gasteiger partial charge in [-0.2, -0.15) is 0 Å². The molecule has 29 heavy (non-hydrogen) atoms. The van der Waals surface area contributed by atoms with E-state index in [2.05, 4.69) is 46.5 Å². The lowest BCUT2D eigenvalue weighted by Crippen LogP contribution is -2.29. The molecule has 0 unspecified atom stereocenters. The van der Waals surface area contributed by atoms with Gasteiger partial charge in [-0.05, 0) is 36.2 Å². The highest BCUT2D eigenvalue weighted by molar-refractivity contribution is 5.94. The van der Waals surface area contributed by atoms with Gasteiger partial charge in [0.05, 0.1) is 5.69 Å². The molecular formula is C23H27N5O. The van der Waals surface area contributed by atoms with E-state index in [-0.39, 0.29) is 5.91 Å². The van der Waals surface area contributed by atoms with Gasteiger partial charge in [0.15, 0.2) is 5.69 Å². The highest BCUT2D eigenvalue weighted by atomic mass is 16.2. The van der Waals surface area contributed by atoms with E-state index in [9.17, 15) is 4.79 Å². The van der Waals surface area contributed by atoms with E-state index in [0.29, 0.717) is 18.8 Å². The zero-order chi connectivity index (χ0) is 20.2. The van der Waals surface area contributed by atoms with E-state index in [1.54, 1.807) is 4.90 Å². The van der Waals surface area contributed by atoms with Crippen LogP contribution in [0, 0.1) is 0 Å². The highest BCUT2D eigenvalue weighted by Gasteiger charge is 2.21. The summed E-state index contributed by atoms with van der Waals surface area (Å²) in [6.45, 7) is 4.15. The van der Waals surface area contributed by atoms with Crippen molar-refractivity contribution in [3.05, 3.63) is 71.8 Å². The first-order valence-electron chi connectivity index (χ1n) is 10.2. The molecule has 3 aromatic heterocycles. The van der Waals surface area contributed by atoms with Crippen LogP contribution in [0.2, 0.25) is 0 Å². The first-order valence-corrected chi connectivity index (χ1v) is 10.2. The fourth-order valence-corrected chi connectivity index (χ4v) is 3.68. The molecule has 0 aliphatic heterocycles. The van der Waals surface area contributed by atoms with Crippen LogP contribution in [0.4, 0.5) is 0 Å². The van der Waals surface area contributed by atoms with Crippen molar-refractivity contribution in [3.8, 4) is 0 Å². The average Bonchev–Trinajstić information content (AvgIpc) is 3.37. The lowest BCUT2D eigenvalue weighted by Gasteiger charge is -2.16. The number of nitrogens with one attached hydrogen (secondary N) is 2. The number of imidazole rings is 1. The number of carbonyl (C=O) groups excluding carboxylic acids is 1. The largest absolute Gasteiger partial charge is 0.361 e. The third-order valence-electron chi connectivity index (χ3n) is 5.32. The second kappa shape index (κ2) is 8.49. The summed E-state index contributed by atoms with van der Waals surface area (Å²) in [6.07, 6.45) is 5.97. The van der Waals surface area contributed by atoms with Crippen LogP contribution in [-0.2, 0) is 13.1 Å². The lowest BCUT2D eigenvalue weighted by atomic mass is 10.1. The summed E-state index contributed by atoms with van der Waals surface area (Å²) in [4.78, 5) is 22.7. The van der Waals surface area contributed by atoms with Gasteiger partial charge in [-0.1, -0.05) is 31.5 Å². The molecule has 4 rings (SSSR count). The molecule has 3 heterocycles. The zero-order valence-corrected chi connectivity index (χ0v) is 17.0. The van der Waals surface area contributed by atoms with Crippen molar-refractivity contribution in [3.63, 3.8) is 0 Å². The number of H-pyrrole nitrogens is 1. The fourth-order valence-electron chi connectivity index (χ4n) is 3.68. The van der Waals surface area contributed by atoms with Crippen LogP contribution >= 0.6 is 0 Å². The van der Waals surface area contributed by atoms with E-state index in [1.807, 2.05) is 42.0 Å². The maximum absolute atomic E-state index is 13.0. The lowest BCUT2D eigenvalue weighted by molar-refractivity contribution is 0.0787. The Bertz CT molecular complexity index is 1130. The molecule has 0 saturated heterocycles. The Balaban J connectivity index is 1.57. The number of benzene rings is 1. The third kappa shape index (κ3) is 3.89. The Morgan fingerprint density at radius 1 is 1.17 bits per heavy atom. The van der Waals surface area contributed by atoms with Crippen LogP contribution < -0.4 is 5.32 Å². The van der Waals surface area contributed by atoms with Gasteiger partial charge in [0.2, 0.25) is 0 Å². The van der Waals surface area contributed by atoms with E-state index in [4.69, 9.17) is 0 Å². The number of unbranched alkanes of at least 4 members (excludes halogenated alkanes) is 1. The predicted octanol–water partition coefficient (Wildman–Crippen LogP) is 3.98. The average molecular weight is 390 g/mol. The number of aromatic amines is 1. The summed E-state index contributed by atoms with van der Waals surface area (Å²) in [5.74, 6) is -0.0216. The highest BCUT2D eigenvalue weighted by Crippen LogP contribution is 2.18. The van der Waals surface area contributed by atoms with Gasteiger partial charge in [0.25, 0.3) is 5.91 Å². The molecule has 6 heteroatoms. The van der Waals surface area contributed by atoms with Crippen molar-refractivity contribution in [1.82, 2.24) is 24.6 Å². The van der Waals surface area contributed by atoms with Crippen LogP contribution in [-0.4, -0.2) is 38.8 Å². The smallest absolute Gasteiger partial charge is 0.274 e. The number of pyridine rings is 1. The summed E-state index contributed by atoms with van der Waals surface area (Å²) in [7, 11) is 1.85. The maximum Gasteiger partial charge on any atom is 0.274 e. The number of fused-ring (bicyclic) bond motifs is 2. The predicted molar refractivity (Wildman–Crippen MR) is 116 cm³/mol. The van der Waals surface area contributed by atoms with Crippen molar-refractivity contribution in [2.45, 2.75) is 32.9 Å². The Kier molecular flexibility index (Phi) is 5.62. The number of nitrogens with zero attached hydrogens (tertiary/aromatic N) is 3. The van der Waals surface area contributed by atoms with Gasteiger partial charge in [0.1, 0.15) is 5.65 Å². The quantitative estimate of drug-likeness (QED) is 0.479. The number of amides is 1. The van der Waals surface area contributed by atoms with Crippen LogP contribution in [0.25, 0.3) is 16.6 Å². The van der Waals surface area contributed by atoms with Crippen molar-refractivity contribution in [2.24, 2.45) is 0 Å². The maximum atomic E-state index is 13.0. The van der Waals surface area contributed by atoms with Crippen LogP contribution in [0.15, 0.2) is 54.9 Å². The third-order valence-corrected chi connectivity index (χ3v) is 5.32. The number of hydrogen-bond acceptors (Lipinski definition) is 3. The molecule has 0 saturated carbocycles. The Morgan fingerprint density at radius 2 is 2.07 bits per heavy atom. The van der Waals surface area contributed by atoms with Crippen molar-refractivity contribution < 1.29 is 4.79 Å². The Hall–Kier alpha value is -3.12. The Morgan fingerprint density at radius 3 is 2.93 bits per heavy atom. The summed E-state index contributed by atoms with van der Waals surface area (Å²) >= 11 is 0. The zero-order valence-electron chi connectivity index (χ0n) is 17.0. The molecule has 0 aliphatic carbocycles. The summed E-state index contributed by atoms with van der Waals surface area (Å²) in [6, 6.07) is 14.2. The molecule has 6 nitrogen and oxygen atoms in total. The van der Waals surface area contributed by atoms with E-state index < -0.39 is 0 Å². The van der Waals surface area contributed by atoms with Crippen molar-refractivity contribution >= 4 is 22.5 Å². The molecule has 1 amide bonds. The number of aromatic nitrogens is 3. The minimum Gasteiger partial charge on any atom is -0.361 e.